The molecule has 1 aliphatic rings. The van der Waals surface area contributed by atoms with Crippen LogP contribution in [0.3, 0.4) is 0 Å². The number of nitrogens with one attached hydrogen (secondary N) is 2. The largest absolute Gasteiger partial charge is 0.339 e. The number of aromatic nitrogens is 4. The lowest BCUT2D eigenvalue weighted by molar-refractivity contribution is -0.121. The Hall–Kier alpha value is -3.59. The van der Waals surface area contributed by atoms with Gasteiger partial charge in [0.25, 0.3) is 5.91 Å². The first-order chi connectivity index (χ1) is 16.1. The number of carbonyl (C=O) groups is 2. The highest BCUT2D eigenvalue weighted by Gasteiger charge is 2.28. The molecule has 8 nitrogen and oxygen atoms in total. The van der Waals surface area contributed by atoms with Gasteiger partial charge in [0.15, 0.2) is 0 Å². The summed E-state index contributed by atoms with van der Waals surface area (Å²) in [6, 6.07) is 19.1. The van der Waals surface area contributed by atoms with Crippen molar-refractivity contribution < 1.29 is 9.59 Å². The molecule has 166 valence electrons. The Morgan fingerprint density at radius 3 is 2.64 bits per heavy atom. The van der Waals surface area contributed by atoms with Crippen molar-refractivity contribution in [3.63, 3.8) is 0 Å². The second-order valence-corrected chi connectivity index (χ2v) is 8.90. The molecule has 2 N–H and O–H groups in total. The van der Waals surface area contributed by atoms with Gasteiger partial charge in [-0.1, -0.05) is 46.3 Å². The summed E-state index contributed by atoms with van der Waals surface area (Å²) in [5, 5.41) is 19.0. The van der Waals surface area contributed by atoms with Gasteiger partial charge in [-0.05, 0) is 59.2 Å². The highest BCUT2D eigenvalue weighted by molar-refractivity contribution is 9.10. The Bertz CT molecular complexity index is 1320. The summed E-state index contributed by atoms with van der Waals surface area (Å²) in [7, 11) is 0. The number of tetrazole rings is 1. The highest BCUT2D eigenvalue weighted by Crippen LogP contribution is 2.27. The topological polar surface area (TPSA) is 104 Å². The number of benzene rings is 3. The van der Waals surface area contributed by atoms with E-state index in [1.165, 1.54) is 0 Å². The van der Waals surface area contributed by atoms with Crippen LogP contribution in [0.4, 0.5) is 5.69 Å². The van der Waals surface area contributed by atoms with E-state index in [1.54, 1.807) is 0 Å². The fourth-order valence-electron chi connectivity index (χ4n) is 4.17. The minimum absolute atomic E-state index is 0.00328. The van der Waals surface area contributed by atoms with Gasteiger partial charge in [-0.3, -0.25) is 9.59 Å². The predicted molar refractivity (Wildman–Crippen MR) is 129 cm³/mol. The number of rotatable bonds is 4. The number of halogens is 1. The molecule has 0 aliphatic carbocycles. The average molecular weight is 505 g/mol. The zero-order valence-electron chi connectivity index (χ0n) is 17.7. The number of likely N-dealkylation sites (tertiary alicyclic amines) is 1. The molecule has 9 heteroatoms. The van der Waals surface area contributed by atoms with Crippen LogP contribution in [0.2, 0.25) is 0 Å². The third-order valence-corrected chi connectivity index (χ3v) is 6.65. The van der Waals surface area contributed by atoms with E-state index in [2.05, 4.69) is 41.9 Å². The van der Waals surface area contributed by atoms with Crippen molar-refractivity contribution in [2.24, 2.45) is 5.92 Å². The third-order valence-electron chi connectivity index (χ3n) is 5.96. The van der Waals surface area contributed by atoms with Crippen molar-refractivity contribution in [3.05, 3.63) is 70.7 Å². The molecule has 2 heterocycles. The van der Waals surface area contributed by atoms with Crippen LogP contribution in [0.5, 0.6) is 0 Å². The molecule has 1 aliphatic heterocycles. The molecule has 2 amide bonds. The summed E-state index contributed by atoms with van der Waals surface area (Å²) < 4.78 is 1.01. The van der Waals surface area contributed by atoms with E-state index < -0.39 is 0 Å². The predicted octanol–water partition coefficient (Wildman–Crippen LogP) is 4.27. The number of aromatic amines is 1. The van der Waals surface area contributed by atoms with Crippen LogP contribution >= 0.6 is 15.9 Å². The van der Waals surface area contributed by atoms with Crippen molar-refractivity contribution in [1.82, 2.24) is 25.5 Å². The zero-order valence-corrected chi connectivity index (χ0v) is 19.2. The summed E-state index contributed by atoms with van der Waals surface area (Å²) in [6.07, 6.45) is 1.25. The molecule has 1 aromatic heterocycles. The van der Waals surface area contributed by atoms with E-state index >= 15 is 0 Å². The fourth-order valence-corrected chi connectivity index (χ4v) is 4.68. The number of carbonyl (C=O) groups excluding carboxylic acids is 2. The maximum absolute atomic E-state index is 13.0. The molecule has 33 heavy (non-hydrogen) atoms. The summed E-state index contributed by atoms with van der Waals surface area (Å²) in [4.78, 5) is 27.7. The number of fused-ring (bicyclic) bond motifs is 1. The number of nitrogens with zero attached hydrogens (tertiary/aromatic N) is 4. The first-order valence-corrected chi connectivity index (χ1v) is 11.5. The second kappa shape index (κ2) is 9.11. The molecule has 0 bridgehead atoms. The average Bonchev–Trinajstić information content (AvgIpc) is 3.39. The lowest BCUT2D eigenvalue weighted by Crippen LogP contribution is -2.41. The van der Waals surface area contributed by atoms with Crippen molar-refractivity contribution in [2.75, 3.05) is 18.4 Å². The molecule has 4 aromatic rings. The van der Waals surface area contributed by atoms with Crippen LogP contribution in [-0.2, 0) is 4.79 Å². The van der Waals surface area contributed by atoms with Crippen LogP contribution in [0, 0.1) is 5.92 Å². The van der Waals surface area contributed by atoms with Gasteiger partial charge in [0.1, 0.15) is 0 Å². The van der Waals surface area contributed by atoms with E-state index in [0.29, 0.717) is 43.0 Å². The van der Waals surface area contributed by atoms with Gasteiger partial charge in [0.05, 0.1) is 0 Å². The Morgan fingerprint density at radius 1 is 1.03 bits per heavy atom. The molecule has 0 unspecified atom stereocenters. The Labute approximate surface area is 198 Å². The van der Waals surface area contributed by atoms with Gasteiger partial charge in [-0.25, -0.2) is 0 Å². The molecule has 0 atom stereocenters. The highest BCUT2D eigenvalue weighted by atomic mass is 79.9. The molecule has 0 spiro atoms. The molecule has 0 radical (unpaired) electrons. The van der Waals surface area contributed by atoms with E-state index in [0.717, 1.165) is 20.8 Å². The lowest BCUT2D eigenvalue weighted by Gasteiger charge is -2.31. The van der Waals surface area contributed by atoms with E-state index in [4.69, 9.17) is 0 Å². The van der Waals surface area contributed by atoms with Gasteiger partial charge >= 0.3 is 0 Å². The Balaban J connectivity index is 1.21. The maximum Gasteiger partial charge on any atom is 0.253 e. The third kappa shape index (κ3) is 4.49. The first kappa shape index (κ1) is 21.3. The molecule has 1 fully saturated rings. The minimum Gasteiger partial charge on any atom is -0.339 e. The number of piperidine rings is 1. The van der Waals surface area contributed by atoms with Crippen LogP contribution in [-0.4, -0.2) is 50.4 Å². The normalized spacial score (nSPS) is 14.4. The quantitative estimate of drug-likeness (QED) is 0.431. The second-order valence-electron chi connectivity index (χ2n) is 8.05. The van der Waals surface area contributed by atoms with Gasteiger partial charge in [-0.2, -0.15) is 5.21 Å². The minimum atomic E-state index is -0.143. The number of anilines is 1. The standard InChI is InChI=1S/C24H21BrN6O2/c25-21-6-2-3-16-13-18(7-8-20(16)21)24(33)31-11-9-15(10-12-31)23(32)26-19-5-1-4-17(14-19)22-27-29-30-28-22/h1-8,13-15H,9-12H2,(H,26,32)(H,27,28,29,30). The monoisotopic (exact) mass is 504 g/mol. The van der Waals surface area contributed by atoms with Gasteiger partial charge in [0, 0.05) is 40.3 Å². The van der Waals surface area contributed by atoms with Crippen LogP contribution in [0.1, 0.15) is 23.2 Å². The van der Waals surface area contributed by atoms with Gasteiger partial charge < -0.3 is 10.2 Å². The fraction of sp³-hybridized carbons (Fsp3) is 0.208. The molecule has 3 aromatic carbocycles. The number of hydrogen-bond donors (Lipinski definition) is 2. The summed E-state index contributed by atoms with van der Waals surface area (Å²) in [6.45, 7) is 1.10. The van der Waals surface area contributed by atoms with Crippen molar-refractivity contribution in [1.29, 1.82) is 0 Å². The van der Waals surface area contributed by atoms with Crippen molar-refractivity contribution >= 4 is 44.2 Å². The van der Waals surface area contributed by atoms with E-state index in [1.807, 2.05) is 65.6 Å². The van der Waals surface area contributed by atoms with Crippen molar-refractivity contribution in [2.45, 2.75) is 12.8 Å². The van der Waals surface area contributed by atoms with Gasteiger partial charge in [0.2, 0.25) is 11.7 Å². The molecular formula is C24H21BrN6O2. The lowest BCUT2D eigenvalue weighted by atomic mass is 9.95. The number of H-pyrrole nitrogens is 1. The molecule has 1 saturated heterocycles. The smallest absolute Gasteiger partial charge is 0.253 e. The number of amides is 2. The van der Waals surface area contributed by atoms with E-state index in [9.17, 15) is 9.59 Å². The summed E-state index contributed by atoms with van der Waals surface area (Å²) >= 11 is 3.55. The van der Waals surface area contributed by atoms with Crippen LogP contribution < -0.4 is 5.32 Å². The zero-order chi connectivity index (χ0) is 22.8. The maximum atomic E-state index is 13.0. The van der Waals surface area contributed by atoms with Crippen LogP contribution in [0.25, 0.3) is 22.2 Å². The van der Waals surface area contributed by atoms with Crippen LogP contribution in [0.15, 0.2) is 65.1 Å². The first-order valence-electron chi connectivity index (χ1n) is 10.7. The Morgan fingerprint density at radius 2 is 1.85 bits per heavy atom. The number of hydrogen-bond acceptors (Lipinski definition) is 5. The molecule has 5 rings (SSSR count). The Kier molecular flexibility index (Phi) is 5.87. The van der Waals surface area contributed by atoms with E-state index in [-0.39, 0.29) is 17.7 Å². The molecule has 0 saturated carbocycles. The SMILES string of the molecule is O=C(Nc1cccc(-c2nn[nH]n2)c1)C1CCN(C(=O)c2ccc3c(Br)cccc3c2)CC1. The summed E-state index contributed by atoms with van der Waals surface area (Å²) in [5.74, 6) is 0.292. The van der Waals surface area contributed by atoms with Crippen molar-refractivity contribution in [3.8, 4) is 11.4 Å². The molecular weight excluding hydrogens is 484 g/mol. The summed E-state index contributed by atoms with van der Waals surface area (Å²) in [5.41, 5.74) is 2.12. The van der Waals surface area contributed by atoms with Gasteiger partial charge in [-0.15, -0.1) is 10.2 Å².